The number of hydrogen-bond acceptors (Lipinski definition) is 4. The zero-order valence-electron chi connectivity index (χ0n) is 18.7. The van der Waals surface area contributed by atoms with Crippen molar-refractivity contribution in [2.24, 2.45) is 0 Å². The molecular formula is C26H25FN2O2S. The van der Waals surface area contributed by atoms with E-state index < -0.39 is 0 Å². The Balaban J connectivity index is 1.88. The second-order valence-corrected chi connectivity index (χ2v) is 9.34. The molecule has 0 saturated heterocycles. The van der Waals surface area contributed by atoms with Gasteiger partial charge in [0.2, 0.25) is 0 Å². The molecule has 2 heterocycles. The van der Waals surface area contributed by atoms with E-state index in [1.54, 1.807) is 6.92 Å². The van der Waals surface area contributed by atoms with Crippen LogP contribution in [0.2, 0.25) is 0 Å². The van der Waals surface area contributed by atoms with Gasteiger partial charge in [-0.2, -0.15) is 0 Å². The number of fused-ring (bicyclic) bond motifs is 1. The van der Waals surface area contributed by atoms with Crippen LogP contribution in [0.5, 0.6) is 0 Å². The Morgan fingerprint density at radius 1 is 1.09 bits per heavy atom. The second-order valence-electron chi connectivity index (χ2n) is 8.14. The molecule has 0 spiro atoms. The van der Waals surface area contributed by atoms with E-state index in [1.165, 1.54) is 34.1 Å². The van der Waals surface area contributed by atoms with Crippen LogP contribution in [0.25, 0.3) is 21.3 Å². The lowest BCUT2D eigenvalue weighted by Gasteiger charge is -2.12. The lowest BCUT2D eigenvalue weighted by Crippen LogP contribution is -2.28. The van der Waals surface area contributed by atoms with Gasteiger partial charge in [0, 0.05) is 22.4 Å². The first kappa shape index (κ1) is 22.1. The SMILES string of the molecule is CCCc1nc2sc(C)c(-c3ccc(C)cc3)c2c(=O)n1CC(=O)c1ccc(F)c(C)c1. The third-order valence-corrected chi connectivity index (χ3v) is 6.66. The van der Waals surface area contributed by atoms with Crippen molar-refractivity contribution >= 4 is 27.3 Å². The molecule has 2 aromatic heterocycles. The smallest absolute Gasteiger partial charge is 0.263 e. The monoisotopic (exact) mass is 448 g/mol. The number of halogens is 1. The third kappa shape index (κ3) is 4.02. The first-order chi connectivity index (χ1) is 15.3. The highest BCUT2D eigenvalue weighted by Gasteiger charge is 2.21. The highest BCUT2D eigenvalue weighted by molar-refractivity contribution is 7.19. The predicted molar refractivity (Wildman–Crippen MR) is 128 cm³/mol. The van der Waals surface area contributed by atoms with E-state index in [9.17, 15) is 14.0 Å². The molecule has 0 amide bonds. The molecule has 0 unspecified atom stereocenters. The lowest BCUT2D eigenvalue weighted by molar-refractivity contribution is 0.0969. The number of hydrogen-bond donors (Lipinski definition) is 0. The molecule has 0 radical (unpaired) electrons. The van der Waals surface area contributed by atoms with Crippen LogP contribution in [0.1, 0.15) is 45.5 Å². The molecule has 0 N–H and O–H groups in total. The first-order valence-corrected chi connectivity index (χ1v) is 11.5. The van der Waals surface area contributed by atoms with Crippen LogP contribution in [0.15, 0.2) is 47.3 Å². The van der Waals surface area contributed by atoms with Crippen molar-refractivity contribution in [2.45, 2.75) is 47.1 Å². The van der Waals surface area contributed by atoms with Gasteiger partial charge in [-0.1, -0.05) is 36.8 Å². The van der Waals surface area contributed by atoms with Crippen molar-refractivity contribution < 1.29 is 9.18 Å². The fraction of sp³-hybridized carbons (Fsp3) is 0.269. The van der Waals surface area contributed by atoms with Gasteiger partial charge in [0.15, 0.2) is 5.78 Å². The lowest BCUT2D eigenvalue weighted by atomic mass is 10.0. The molecule has 6 heteroatoms. The average Bonchev–Trinajstić information content (AvgIpc) is 3.09. The second kappa shape index (κ2) is 8.79. The Morgan fingerprint density at radius 3 is 2.47 bits per heavy atom. The Kier molecular flexibility index (Phi) is 6.07. The van der Waals surface area contributed by atoms with E-state index in [0.29, 0.717) is 33.6 Å². The molecule has 164 valence electrons. The fourth-order valence-electron chi connectivity index (χ4n) is 3.94. The molecule has 0 bridgehead atoms. The third-order valence-electron chi connectivity index (χ3n) is 5.66. The Morgan fingerprint density at radius 2 is 1.81 bits per heavy atom. The summed E-state index contributed by atoms with van der Waals surface area (Å²) in [6.07, 6.45) is 1.40. The van der Waals surface area contributed by atoms with Gasteiger partial charge >= 0.3 is 0 Å². The van der Waals surface area contributed by atoms with Crippen molar-refractivity contribution in [3.63, 3.8) is 0 Å². The van der Waals surface area contributed by atoms with Gasteiger partial charge in [-0.25, -0.2) is 9.37 Å². The zero-order valence-corrected chi connectivity index (χ0v) is 19.5. The number of Topliss-reactive ketones (excluding diaryl/α,β-unsaturated/α-hetero) is 1. The number of aryl methyl sites for hydroxylation is 4. The summed E-state index contributed by atoms with van der Waals surface area (Å²) < 4.78 is 15.1. The maximum Gasteiger partial charge on any atom is 0.263 e. The number of benzene rings is 2. The van der Waals surface area contributed by atoms with E-state index in [-0.39, 0.29) is 23.7 Å². The highest BCUT2D eigenvalue weighted by Crippen LogP contribution is 2.36. The maximum absolute atomic E-state index is 13.7. The quantitative estimate of drug-likeness (QED) is 0.339. The summed E-state index contributed by atoms with van der Waals surface area (Å²) in [7, 11) is 0. The van der Waals surface area contributed by atoms with Gasteiger partial charge in [-0.3, -0.25) is 14.2 Å². The highest BCUT2D eigenvalue weighted by atomic mass is 32.1. The van der Waals surface area contributed by atoms with Crippen molar-refractivity contribution in [1.29, 1.82) is 0 Å². The number of rotatable bonds is 6. The van der Waals surface area contributed by atoms with E-state index in [4.69, 9.17) is 4.98 Å². The van der Waals surface area contributed by atoms with Gasteiger partial charge in [-0.05, 0) is 56.5 Å². The van der Waals surface area contributed by atoms with E-state index in [0.717, 1.165) is 28.0 Å². The van der Waals surface area contributed by atoms with Gasteiger partial charge in [0.25, 0.3) is 5.56 Å². The largest absolute Gasteiger partial charge is 0.292 e. The topological polar surface area (TPSA) is 52.0 Å². The zero-order chi connectivity index (χ0) is 23.0. The molecule has 2 aromatic carbocycles. The minimum absolute atomic E-state index is 0.121. The molecule has 0 aliphatic heterocycles. The van der Waals surface area contributed by atoms with E-state index in [2.05, 4.69) is 0 Å². The maximum atomic E-state index is 13.7. The van der Waals surface area contributed by atoms with Crippen LogP contribution < -0.4 is 5.56 Å². The number of nitrogens with zero attached hydrogens (tertiary/aromatic N) is 2. The number of carbonyl (C=O) groups is 1. The summed E-state index contributed by atoms with van der Waals surface area (Å²) >= 11 is 1.51. The first-order valence-electron chi connectivity index (χ1n) is 10.7. The molecule has 0 aliphatic rings. The Hall–Kier alpha value is -3.12. The summed E-state index contributed by atoms with van der Waals surface area (Å²) in [5.41, 5.74) is 3.58. The Labute approximate surface area is 190 Å². The van der Waals surface area contributed by atoms with Gasteiger partial charge in [-0.15, -0.1) is 11.3 Å². The molecule has 0 atom stereocenters. The normalized spacial score (nSPS) is 11.3. The molecular weight excluding hydrogens is 423 g/mol. The molecule has 0 saturated carbocycles. The van der Waals surface area contributed by atoms with Crippen molar-refractivity contribution in [3.8, 4) is 11.1 Å². The molecule has 0 aliphatic carbocycles. The molecule has 4 aromatic rings. The standard InChI is InChI=1S/C26H25FN2O2S/c1-5-6-22-28-25-24(23(17(4)32-25)18-9-7-15(2)8-10-18)26(31)29(22)14-21(30)19-11-12-20(27)16(3)13-19/h7-13H,5-6,14H2,1-4H3. The number of carbonyl (C=O) groups excluding carboxylic acids is 1. The number of ketones is 1. The molecule has 32 heavy (non-hydrogen) atoms. The van der Waals surface area contributed by atoms with Crippen LogP contribution in [-0.4, -0.2) is 15.3 Å². The van der Waals surface area contributed by atoms with Crippen molar-refractivity contribution in [2.75, 3.05) is 0 Å². The minimum atomic E-state index is -0.357. The minimum Gasteiger partial charge on any atom is -0.292 e. The fourth-order valence-corrected chi connectivity index (χ4v) is 4.99. The molecule has 4 nitrogen and oxygen atoms in total. The van der Waals surface area contributed by atoms with Crippen molar-refractivity contribution in [1.82, 2.24) is 9.55 Å². The summed E-state index contributed by atoms with van der Waals surface area (Å²) in [5, 5.41) is 0.555. The van der Waals surface area contributed by atoms with Crippen LogP contribution in [0, 0.1) is 26.6 Å². The molecule has 0 fully saturated rings. The Bertz CT molecular complexity index is 1380. The van der Waals surface area contributed by atoms with Crippen molar-refractivity contribution in [3.05, 3.63) is 86.0 Å². The van der Waals surface area contributed by atoms with Crippen LogP contribution >= 0.6 is 11.3 Å². The van der Waals surface area contributed by atoms with Gasteiger partial charge < -0.3 is 0 Å². The van der Waals surface area contributed by atoms with Crippen LogP contribution in [0.3, 0.4) is 0 Å². The summed E-state index contributed by atoms with van der Waals surface area (Å²) in [4.78, 5) is 33.2. The van der Waals surface area contributed by atoms with Crippen LogP contribution in [-0.2, 0) is 13.0 Å². The average molecular weight is 449 g/mol. The van der Waals surface area contributed by atoms with Gasteiger partial charge in [0.1, 0.15) is 16.5 Å². The predicted octanol–water partition coefficient (Wildman–Crippen LogP) is 6.02. The van der Waals surface area contributed by atoms with Crippen LogP contribution in [0.4, 0.5) is 4.39 Å². The summed E-state index contributed by atoms with van der Waals surface area (Å²) in [5.74, 6) is 0.0105. The molecule has 4 rings (SSSR count). The van der Waals surface area contributed by atoms with E-state index >= 15 is 0 Å². The van der Waals surface area contributed by atoms with Gasteiger partial charge in [0.05, 0.1) is 11.9 Å². The summed E-state index contributed by atoms with van der Waals surface area (Å²) in [6, 6.07) is 12.4. The summed E-state index contributed by atoms with van der Waals surface area (Å²) in [6.45, 7) is 7.54. The number of thiophene rings is 1. The number of aromatic nitrogens is 2. The van der Waals surface area contributed by atoms with E-state index in [1.807, 2.05) is 45.0 Å².